The molecule has 122 valence electrons. The highest BCUT2D eigenvalue weighted by Crippen LogP contribution is 2.16. The van der Waals surface area contributed by atoms with Gasteiger partial charge in [0, 0.05) is 24.6 Å². The minimum Gasteiger partial charge on any atom is -0.350 e. The number of hydrogen-bond donors (Lipinski definition) is 1. The fraction of sp³-hybridized carbons (Fsp3) is 0.222. The molecule has 0 aliphatic carbocycles. The van der Waals surface area contributed by atoms with Crippen LogP contribution in [0.4, 0.5) is 0 Å². The summed E-state index contributed by atoms with van der Waals surface area (Å²) in [6.45, 7) is 2.44. The predicted octanol–water partition coefficient (Wildman–Crippen LogP) is 2.69. The molecule has 2 heterocycles. The van der Waals surface area contributed by atoms with Crippen molar-refractivity contribution in [3.63, 3.8) is 0 Å². The normalized spacial score (nSPS) is 10.5. The summed E-state index contributed by atoms with van der Waals surface area (Å²) in [6, 6.07) is 13.5. The van der Waals surface area contributed by atoms with E-state index in [2.05, 4.69) is 20.4 Å². The first-order chi connectivity index (χ1) is 11.7. The lowest BCUT2D eigenvalue weighted by Crippen LogP contribution is -2.23. The van der Waals surface area contributed by atoms with Crippen molar-refractivity contribution >= 4 is 5.91 Å². The average Bonchev–Trinajstić information content (AvgIpc) is 3.09. The van der Waals surface area contributed by atoms with Gasteiger partial charge in [-0.2, -0.15) is 4.98 Å². The smallest absolute Gasteiger partial charge is 0.227 e. The number of pyridine rings is 1. The molecule has 6 nitrogen and oxygen atoms in total. The molecular weight excluding hydrogens is 304 g/mol. The van der Waals surface area contributed by atoms with E-state index in [1.807, 2.05) is 49.4 Å². The molecule has 0 atom stereocenters. The van der Waals surface area contributed by atoms with E-state index in [1.165, 1.54) is 5.56 Å². The van der Waals surface area contributed by atoms with Crippen LogP contribution in [0, 0.1) is 6.92 Å². The quantitative estimate of drug-likeness (QED) is 0.754. The molecule has 1 N–H and O–H groups in total. The molecule has 1 amide bonds. The van der Waals surface area contributed by atoms with E-state index < -0.39 is 0 Å². The summed E-state index contributed by atoms with van der Waals surface area (Å²) in [5.41, 5.74) is 2.90. The molecule has 0 aliphatic rings. The monoisotopic (exact) mass is 322 g/mol. The highest BCUT2D eigenvalue weighted by molar-refractivity contribution is 5.75. The number of rotatable bonds is 6. The van der Waals surface area contributed by atoms with Crippen molar-refractivity contribution in [1.29, 1.82) is 0 Å². The number of aryl methyl sites for hydroxylation is 2. The zero-order valence-corrected chi connectivity index (χ0v) is 13.4. The molecule has 0 saturated heterocycles. The molecule has 0 unspecified atom stereocenters. The highest BCUT2D eigenvalue weighted by atomic mass is 16.5. The van der Waals surface area contributed by atoms with Crippen molar-refractivity contribution in [3.8, 4) is 11.4 Å². The predicted molar refractivity (Wildman–Crippen MR) is 88.9 cm³/mol. The first-order valence-electron chi connectivity index (χ1n) is 7.77. The lowest BCUT2D eigenvalue weighted by Gasteiger charge is -2.03. The van der Waals surface area contributed by atoms with Gasteiger partial charge in [0.25, 0.3) is 0 Å². The van der Waals surface area contributed by atoms with Gasteiger partial charge in [0.2, 0.25) is 17.6 Å². The molecule has 0 aliphatic heterocycles. The van der Waals surface area contributed by atoms with E-state index in [0.717, 1.165) is 11.3 Å². The molecule has 2 aromatic heterocycles. The van der Waals surface area contributed by atoms with Gasteiger partial charge in [-0.25, -0.2) is 0 Å². The molecule has 0 fully saturated rings. The number of carbonyl (C=O) groups is 1. The number of aromatic nitrogens is 3. The summed E-state index contributed by atoms with van der Waals surface area (Å²) in [5, 5.41) is 6.78. The minimum atomic E-state index is -0.0734. The summed E-state index contributed by atoms with van der Waals surface area (Å²) in [6.07, 6.45) is 2.40. The maximum atomic E-state index is 11.9. The number of carbonyl (C=O) groups excluding carboxylic acids is 1. The third kappa shape index (κ3) is 4.25. The van der Waals surface area contributed by atoms with Crippen LogP contribution < -0.4 is 5.32 Å². The van der Waals surface area contributed by atoms with Crippen LogP contribution in [-0.4, -0.2) is 21.0 Å². The lowest BCUT2D eigenvalue weighted by atomic mass is 10.1. The maximum Gasteiger partial charge on any atom is 0.227 e. The summed E-state index contributed by atoms with van der Waals surface area (Å²) in [4.78, 5) is 20.4. The van der Waals surface area contributed by atoms with Crippen LogP contribution in [0.15, 0.2) is 53.2 Å². The van der Waals surface area contributed by atoms with E-state index in [0.29, 0.717) is 31.1 Å². The van der Waals surface area contributed by atoms with Gasteiger partial charge in [0.05, 0.1) is 12.2 Å². The van der Waals surface area contributed by atoms with E-state index in [9.17, 15) is 4.79 Å². The number of amides is 1. The molecule has 0 saturated carbocycles. The molecule has 24 heavy (non-hydrogen) atoms. The molecule has 0 spiro atoms. The van der Waals surface area contributed by atoms with Gasteiger partial charge in [-0.15, -0.1) is 0 Å². The maximum absolute atomic E-state index is 11.9. The van der Waals surface area contributed by atoms with Crippen molar-refractivity contribution in [2.24, 2.45) is 0 Å². The number of nitrogens with one attached hydrogen (secondary N) is 1. The summed E-state index contributed by atoms with van der Waals surface area (Å²) in [7, 11) is 0. The van der Waals surface area contributed by atoms with Gasteiger partial charge >= 0.3 is 0 Å². The van der Waals surface area contributed by atoms with Gasteiger partial charge in [-0.1, -0.05) is 41.1 Å². The zero-order chi connectivity index (χ0) is 16.8. The second-order valence-corrected chi connectivity index (χ2v) is 5.48. The van der Waals surface area contributed by atoms with Crippen molar-refractivity contribution in [2.45, 2.75) is 26.3 Å². The van der Waals surface area contributed by atoms with Gasteiger partial charge in [-0.05, 0) is 19.1 Å². The van der Waals surface area contributed by atoms with Crippen molar-refractivity contribution < 1.29 is 9.32 Å². The Hall–Kier alpha value is -3.02. The van der Waals surface area contributed by atoms with Gasteiger partial charge in [0.15, 0.2) is 0 Å². The molecular formula is C18H18N4O2. The van der Waals surface area contributed by atoms with Crippen molar-refractivity contribution in [2.75, 3.05) is 0 Å². The van der Waals surface area contributed by atoms with Crippen molar-refractivity contribution in [3.05, 3.63) is 65.8 Å². The van der Waals surface area contributed by atoms with Crippen LogP contribution >= 0.6 is 0 Å². The SMILES string of the molecule is Cc1ccc(-c2noc(CCC(=O)NCc3ccccn3)n2)cc1. The van der Waals surface area contributed by atoms with E-state index in [1.54, 1.807) is 6.20 Å². The van der Waals surface area contributed by atoms with Crippen LogP contribution in [0.5, 0.6) is 0 Å². The molecule has 3 aromatic rings. The summed E-state index contributed by atoms with van der Waals surface area (Å²) < 4.78 is 5.21. The first kappa shape index (κ1) is 15.9. The molecule has 0 radical (unpaired) electrons. The topological polar surface area (TPSA) is 80.9 Å². The zero-order valence-electron chi connectivity index (χ0n) is 13.4. The fourth-order valence-corrected chi connectivity index (χ4v) is 2.18. The standard InChI is InChI=1S/C18H18N4O2/c1-13-5-7-14(8-6-13)18-21-17(24-22-18)10-9-16(23)20-12-15-4-2-3-11-19-15/h2-8,11H,9-10,12H2,1H3,(H,20,23). The third-order valence-corrected chi connectivity index (χ3v) is 3.54. The Kier molecular flexibility index (Phi) is 4.96. The molecule has 6 heteroatoms. The number of hydrogen-bond acceptors (Lipinski definition) is 5. The lowest BCUT2D eigenvalue weighted by molar-refractivity contribution is -0.121. The second-order valence-electron chi connectivity index (χ2n) is 5.48. The van der Waals surface area contributed by atoms with Gasteiger partial charge in [0.1, 0.15) is 0 Å². The van der Waals surface area contributed by atoms with Crippen LogP contribution in [0.3, 0.4) is 0 Å². The summed E-state index contributed by atoms with van der Waals surface area (Å²) in [5.74, 6) is 0.924. The first-order valence-corrected chi connectivity index (χ1v) is 7.77. The Morgan fingerprint density at radius 3 is 2.75 bits per heavy atom. The average molecular weight is 322 g/mol. The second kappa shape index (κ2) is 7.50. The van der Waals surface area contributed by atoms with Crippen LogP contribution in [0.25, 0.3) is 11.4 Å². The Labute approximate surface area is 139 Å². The number of nitrogens with zero attached hydrogens (tertiary/aromatic N) is 3. The highest BCUT2D eigenvalue weighted by Gasteiger charge is 2.10. The number of benzene rings is 1. The van der Waals surface area contributed by atoms with E-state index in [4.69, 9.17) is 4.52 Å². The summed E-state index contributed by atoms with van der Waals surface area (Å²) >= 11 is 0. The van der Waals surface area contributed by atoms with Gasteiger partial charge in [-0.3, -0.25) is 9.78 Å². The van der Waals surface area contributed by atoms with Crippen LogP contribution in [-0.2, 0) is 17.8 Å². The Morgan fingerprint density at radius 1 is 1.17 bits per heavy atom. The largest absolute Gasteiger partial charge is 0.350 e. The van der Waals surface area contributed by atoms with Crippen LogP contribution in [0.2, 0.25) is 0 Å². The third-order valence-electron chi connectivity index (χ3n) is 3.54. The van der Waals surface area contributed by atoms with Crippen molar-refractivity contribution in [1.82, 2.24) is 20.4 Å². The fourth-order valence-electron chi connectivity index (χ4n) is 2.18. The van der Waals surface area contributed by atoms with E-state index in [-0.39, 0.29) is 5.91 Å². The molecule has 1 aromatic carbocycles. The Morgan fingerprint density at radius 2 is 2.00 bits per heavy atom. The minimum absolute atomic E-state index is 0.0734. The molecule has 0 bridgehead atoms. The Bertz CT molecular complexity index is 797. The Balaban J connectivity index is 1.50. The van der Waals surface area contributed by atoms with E-state index >= 15 is 0 Å². The van der Waals surface area contributed by atoms with Crippen LogP contribution in [0.1, 0.15) is 23.6 Å². The molecule has 3 rings (SSSR count). The van der Waals surface area contributed by atoms with Gasteiger partial charge < -0.3 is 9.84 Å².